The van der Waals surface area contributed by atoms with Crippen molar-refractivity contribution in [3.63, 3.8) is 0 Å². The Kier molecular flexibility index (Phi) is 5.10. The van der Waals surface area contributed by atoms with Gasteiger partial charge in [0.15, 0.2) is 0 Å². The van der Waals surface area contributed by atoms with E-state index in [1.54, 1.807) is 20.1 Å². The van der Waals surface area contributed by atoms with E-state index in [0.29, 0.717) is 22.2 Å². The van der Waals surface area contributed by atoms with E-state index in [0.717, 1.165) is 18.4 Å². The molecule has 0 unspecified atom stereocenters. The molecule has 0 aromatic heterocycles. The van der Waals surface area contributed by atoms with Gasteiger partial charge in [-0.1, -0.05) is 29.3 Å². The fourth-order valence-corrected chi connectivity index (χ4v) is 1.96. The average Bonchev–Trinajstić information content (AvgIpc) is 2.24. The lowest BCUT2D eigenvalue weighted by molar-refractivity contribution is -0.117. The summed E-state index contributed by atoms with van der Waals surface area (Å²) in [4.78, 5) is 10.8. The fraction of sp³-hybridized carbons (Fsp3) is 0.417. The third-order valence-electron chi connectivity index (χ3n) is 2.32. The molecule has 0 aliphatic heterocycles. The fourth-order valence-electron chi connectivity index (χ4n) is 1.45. The smallest absolute Gasteiger partial charge is 0.138 e. The van der Waals surface area contributed by atoms with Gasteiger partial charge >= 0.3 is 0 Å². The minimum absolute atomic E-state index is 0.190. The van der Waals surface area contributed by atoms with Crippen molar-refractivity contribution >= 4 is 29.0 Å². The summed E-state index contributed by atoms with van der Waals surface area (Å²) in [6.07, 6.45) is 2.11. The second kappa shape index (κ2) is 6.12. The van der Waals surface area contributed by atoms with Gasteiger partial charge in [0.05, 0.1) is 12.1 Å². The molecule has 0 amide bonds. The quantitative estimate of drug-likeness (QED) is 0.803. The number of ether oxygens (including phenoxy) is 1. The Morgan fingerprint density at radius 2 is 2.00 bits per heavy atom. The lowest BCUT2D eigenvalue weighted by atomic mass is 10.1. The maximum Gasteiger partial charge on any atom is 0.138 e. The van der Waals surface area contributed by atoms with Crippen LogP contribution in [0.3, 0.4) is 0 Å². The van der Waals surface area contributed by atoms with Crippen molar-refractivity contribution in [2.24, 2.45) is 0 Å². The summed E-state index contributed by atoms with van der Waals surface area (Å²) in [6, 6.07) is 3.67. The number of methoxy groups -OCH3 is 1. The van der Waals surface area contributed by atoms with Crippen LogP contribution >= 0.6 is 23.2 Å². The highest BCUT2D eigenvalue weighted by atomic mass is 35.5. The summed E-state index contributed by atoms with van der Waals surface area (Å²) < 4.78 is 5.05. The molecule has 4 heteroatoms. The summed E-state index contributed by atoms with van der Waals surface area (Å²) in [5.74, 6) is 0.762. The monoisotopic (exact) mass is 260 g/mol. The molecule has 0 aliphatic carbocycles. The standard InChI is InChI=1S/C12H14Cl2O2/c1-8(15)4-3-5-9-6-7-10(16-2)12(14)11(9)13/h6-7H,3-5H2,1-2H3. The third-order valence-corrected chi connectivity index (χ3v) is 3.23. The molecule has 0 fully saturated rings. The second-order valence-electron chi connectivity index (χ2n) is 3.61. The van der Waals surface area contributed by atoms with Gasteiger partial charge in [-0.25, -0.2) is 0 Å². The van der Waals surface area contributed by atoms with Crippen molar-refractivity contribution in [1.29, 1.82) is 0 Å². The molecule has 0 heterocycles. The van der Waals surface area contributed by atoms with Gasteiger partial charge in [-0.15, -0.1) is 0 Å². The molecule has 0 radical (unpaired) electrons. The van der Waals surface area contributed by atoms with Crippen molar-refractivity contribution in [3.8, 4) is 5.75 Å². The normalized spacial score (nSPS) is 10.2. The van der Waals surface area contributed by atoms with Gasteiger partial charge in [0.2, 0.25) is 0 Å². The lowest BCUT2D eigenvalue weighted by Crippen LogP contribution is -1.94. The Hall–Kier alpha value is -0.730. The number of carbonyl (C=O) groups is 1. The van der Waals surface area contributed by atoms with Crippen molar-refractivity contribution in [3.05, 3.63) is 27.7 Å². The summed E-state index contributed by atoms with van der Waals surface area (Å²) >= 11 is 12.1. The Bertz CT molecular complexity index is 389. The molecule has 0 saturated heterocycles. The molecule has 88 valence electrons. The average molecular weight is 261 g/mol. The first-order valence-electron chi connectivity index (χ1n) is 5.06. The number of carbonyl (C=O) groups excluding carboxylic acids is 1. The zero-order valence-electron chi connectivity index (χ0n) is 9.35. The van der Waals surface area contributed by atoms with Crippen molar-refractivity contribution < 1.29 is 9.53 Å². The number of halogens is 2. The minimum atomic E-state index is 0.190. The Labute approximate surface area is 106 Å². The van der Waals surface area contributed by atoms with E-state index in [1.807, 2.05) is 6.07 Å². The molecule has 0 atom stereocenters. The molecule has 2 nitrogen and oxygen atoms in total. The predicted octanol–water partition coefficient (Wildman–Crippen LogP) is 3.91. The van der Waals surface area contributed by atoms with Crippen molar-refractivity contribution in [2.75, 3.05) is 7.11 Å². The van der Waals surface area contributed by atoms with Gasteiger partial charge in [0.25, 0.3) is 0 Å². The minimum Gasteiger partial charge on any atom is -0.495 e. The number of aryl methyl sites for hydroxylation is 1. The van der Waals surface area contributed by atoms with Crippen molar-refractivity contribution in [2.45, 2.75) is 26.2 Å². The summed E-state index contributed by atoms with van der Waals surface area (Å²) in [5.41, 5.74) is 0.953. The molecule has 1 rings (SSSR count). The molecule has 1 aromatic rings. The van der Waals surface area contributed by atoms with Gasteiger partial charge in [0, 0.05) is 6.42 Å². The van der Waals surface area contributed by atoms with Crippen LogP contribution in [0.25, 0.3) is 0 Å². The third kappa shape index (κ3) is 3.39. The van der Waals surface area contributed by atoms with Gasteiger partial charge in [-0.2, -0.15) is 0 Å². The highest BCUT2D eigenvalue weighted by Gasteiger charge is 2.10. The van der Waals surface area contributed by atoms with Crippen molar-refractivity contribution in [1.82, 2.24) is 0 Å². The number of hydrogen-bond acceptors (Lipinski definition) is 2. The molecular weight excluding hydrogens is 247 g/mol. The highest BCUT2D eigenvalue weighted by molar-refractivity contribution is 6.43. The molecule has 1 aromatic carbocycles. The van der Waals surface area contributed by atoms with Gasteiger partial charge in [-0.3, -0.25) is 0 Å². The van der Waals surface area contributed by atoms with Gasteiger partial charge in [0.1, 0.15) is 16.6 Å². The number of Topliss-reactive ketones (excluding diaryl/α,β-unsaturated/α-hetero) is 1. The van der Waals surface area contributed by atoms with Crippen LogP contribution in [0, 0.1) is 0 Å². The van der Waals surface area contributed by atoms with Crippen LogP contribution in [-0.2, 0) is 11.2 Å². The van der Waals surface area contributed by atoms with E-state index in [4.69, 9.17) is 27.9 Å². The van der Waals surface area contributed by atoms with Crippen LogP contribution in [-0.4, -0.2) is 12.9 Å². The van der Waals surface area contributed by atoms with Crippen LogP contribution in [0.15, 0.2) is 12.1 Å². The maximum atomic E-state index is 10.8. The van der Waals surface area contributed by atoms with E-state index >= 15 is 0 Å². The number of benzene rings is 1. The zero-order valence-corrected chi connectivity index (χ0v) is 10.9. The Morgan fingerprint density at radius 1 is 1.31 bits per heavy atom. The molecule has 0 bridgehead atoms. The second-order valence-corrected chi connectivity index (χ2v) is 4.37. The predicted molar refractivity (Wildman–Crippen MR) is 66.6 cm³/mol. The largest absolute Gasteiger partial charge is 0.495 e. The number of rotatable bonds is 5. The molecule has 0 aliphatic rings. The summed E-state index contributed by atoms with van der Waals surface area (Å²) in [7, 11) is 1.55. The first-order valence-corrected chi connectivity index (χ1v) is 5.82. The van der Waals surface area contributed by atoms with Gasteiger partial charge in [-0.05, 0) is 31.4 Å². The summed E-state index contributed by atoms with van der Waals surface area (Å²) in [6.45, 7) is 1.59. The van der Waals surface area contributed by atoms with Crippen LogP contribution in [0.1, 0.15) is 25.3 Å². The van der Waals surface area contributed by atoms with Crippen LogP contribution in [0.2, 0.25) is 10.0 Å². The first kappa shape index (κ1) is 13.3. The zero-order chi connectivity index (χ0) is 12.1. The molecule has 0 saturated carbocycles. The molecular formula is C12H14Cl2O2. The first-order chi connectivity index (χ1) is 7.56. The van der Waals surface area contributed by atoms with Gasteiger partial charge < -0.3 is 9.53 Å². The maximum absolute atomic E-state index is 10.8. The Morgan fingerprint density at radius 3 is 2.56 bits per heavy atom. The number of hydrogen-bond donors (Lipinski definition) is 0. The highest BCUT2D eigenvalue weighted by Crippen LogP contribution is 2.35. The van der Waals surface area contributed by atoms with Crippen LogP contribution < -0.4 is 4.74 Å². The SMILES string of the molecule is COc1ccc(CCCC(C)=O)c(Cl)c1Cl. The Balaban J connectivity index is 2.74. The van der Waals surface area contributed by atoms with E-state index < -0.39 is 0 Å². The van der Waals surface area contributed by atoms with E-state index in [1.165, 1.54) is 0 Å². The van der Waals surface area contributed by atoms with E-state index in [9.17, 15) is 4.79 Å². The van der Waals surface area contributed by atoms with Crippen LogP contribution in [0.4, 0.5) is 0 Å². The van der Waals surface area contributed by atoms with E-state index in [2.05, 4.69) is 0 Å². The molecule has 16 heavy (non-hydrogen) atoms. The van der Waals surface area contributed by atoms with E-state index in [-0.39, 0.29) is 5.78 Å². The number of ketones is 1. The lowest BCUT2D eigenvalue weighted by Gasteiger charge is -2.09. The molecule has 0 spiro atoms. The topological polar surface area (TPSA) is 26.3 Å². The molecule has 0 N–H and O–H groups in total. The summed E-state index contributed by atoms with van der Waals surface area (Å²) in [5, 5.41) is 0.953. The van der Waals surface area contributed by atoms with Crippen LogP contribution in [0.5, 0.6) is 5.75 Å².